The molecule has 1 N–H and O–H groups in total. The number of benzene rings is 1. The standard InChI is InChI=1S/C14H21NS/c1-10-8-13(16-3)9-14(11(10)2)12-4-6-15-7-5-12/h8-9,12,15H,4-7H2,1-3H3. The summed E-state index contributed by atoms with van der Waals surface area (Å²) in [5, 5.41) is 3.44. The van der Waals surface area contributed by atoms with Gasteiger partial charge in [0.25, 0.3) is 0 Å². The van der Waals surface area contributed by atoms with Gasteiger partial charge in [-0.3, -0.25) is 0 Å². The fraction of sp³-hybridized carbons (Fsp3) is 0.571. The first-order chi connectivity index (χ1) is 7.72. The van der Waals surface area contributed by atoms with Gasteiger partial charge in [-0.15, -0.1) is 11.8 Å². The molecule has 2 heteroatoms. The van der Waals surface area contributed by atoms with E-state index in [4.69, 9.17) is 0 Å². The molecular formula is C14H21NS. The molecule has 0 aromatic heterocycles. The first-order valence-electron chi connectivity index (χ1n) is 6.08. The van der Waals surface area contributed by atoms with Gasteiger partial charge >= 0.3 is 0 Å². The average Bonchev–Trinajstić information content (AvgIpc) is 2.33. The predicted molar refractivity (Wildman–Crippen MR) is 72.5 cm³/mol. The van der Waals surface area contributed by atoms with Crippen LogP contribution in [0.15, 0.2) is 17.0 Å². The molecule has 0 aliphatic carbocycles. The molecule has 1 aliphatic rings. The summed E-state index contributed by atoms with van der Waals surface area (Å²) < 4.78 is 0. The van der Waals surface area contributed by atoms with Crippen molar-refractivity contribution in [3.05, 3.63) is 28.8 Å². The van der Waals surface area contributed by atoms with E-state index in [1.807, 2.05) is 11.8 Å². The van der Waals surface area contributed by atoms with Gasteiger partial charge < -0.3 is 5.32 Å². The highest BCUT2D eigenvalue weighted by Gasteiger charge is 2.18. The fourth-order valence-corrected chi connectivity index (χ4v) is 3.07. The molecule has 0 unspecified atom stereocenters. The lowest BCUT2D eigenvalue weighted by atomic mass is 9.86. The summed E-state index contributed by atoms with van der Waals surface area (Å²) >= 11 is 1.85. The number of piperidine rings is 1. The molecule has 1 nitrogen and oxygen atoms in total. The van der Waals surface area contributed by atoms with E-state index in [0.29, 0.717) is 0 Å². The van der Waals surface area contributed by atoms with Crippen molar-refractivity contribution in [1.82, 2.24) is 5.32 Å². The highest BCUT2D eigenvalue weighted by molar-refractivity contribution is 7.98. The van der Waals surface area contributed by atoms with Crippen LogP contribution in [0.1, 0.15) is 35.4 Å². The van der Waals surface area contributed by atoms with Crippen LogP contribution in [-0.2, 0) is 0 Å². The minimum atomic E-state index is 0.770. The van der Waals surface area contributed by atoms with Crippen LogP contribution in [0.25, 0.3) is 0 Å². The van der Waals surface area contributed by atoms with Crippen LogP contribution in [0.4, 0.5) is 0 Å². The van der Waals surface area contributed by atoms with Crippen molar-refractivity contribution >= 4 is 11.8 Å². The molecule has 1 aromatic rings. The Hall–Kier alpha value is -0.470. The van der Waals surface area contributed by atoms with Crippen molar-refractivity contribution in [2.75, 3.05) is 19.3 Å². The van der Waals surface area contributed by atoms with E-state index in [9.17, 15) is 0 Å². The Labute approximate surface area is 103 Å². The van der Waals surface area contributed by atoms with Crippen LogP contribution in [0.5, 0.6) is 0 Å². The normalized spacial score (nSPS) is 17.7. The van der Waals surface area contributed by atoms with E-state index in [2.05, 4.69) is 37.6 Å². The largest absolute Gasteiger partial charge is 0.317 e. The Balaban J connectivity index is 2.33. The van der Waals surface area contributed by atoms with Crippen molar-refractivity contribution in [2.24, 2.45) is 0 Å². The van der Waals surface area contributed by atoms with E-state index < -0.39 is 0 Å². The Morgan fingerprint density at radius 1 is 1.19 bits per heavy atom. The maximum Gasteiger partial charge on any atom is 0.00748 e. The molecule has 1 aliphatic heterocycles. The zero-order chi connectivity index (χ0) is 11.5. The minimum absolute atomic E-state index is 0.770. The number of thioether (sulfide) groups is 1. The molecular weight excluding hydrogens is 214 g/mol. The van der Waals surface area contributed by atoms with Crippen molar-refractivity contribution in [1.29, 1.82) is 0 Å². The molecule has 0 radical (unpaired) electrons. The highest BCUT2D eigenvalue weighted by Crippen LogP contribution is 2.32. The van der Waals surface area contributed by atoms with Gasteiger partial charge in [0.2, 0.25) is 0 Å². The number of hydrogen-bond donors (Lipinski definition) is 1. The number of nitrogens with one attached hydrogen (secondary N) is 1. The average molecular weight is 235 g/mol. The molecule has 1 saturated heterocycles. The van der Waals surface area contributed by atoms with Gasteiger partial charge in [-0.05, 0) is 80.8 Å². The number of aryl methyl sites for hydroxylation is 1. The lowest BCUT2D eigenvalue weighted by Gasteiger charge is -2.25. The van der Waals surface area contributed by atoms with Crippen LogP contribution in [-0.4, -0.2) is 19.3 Å². The summed E-state index contributed by atoms with van der Waals surface area (Å²) in [6.07, 6.45) is 4.74. The first kappa shape index (κ1) is 12.0. The van der Waals surface area contributed by atoms with Crippen LogP contribution in [0, 0.1) is 13.8 Å². The maximum absolute atomic E-state index is 3.44. The van der Waals surface area contributed by atoms with Crippen LogP contribution >= 0.6 is 11.8 Å². The Kier molecular flexibility index (Phi) is 3.93. The van der Waals surface area contributed by atoms with E-state index >= 15 is 0 Å². The molecule has 1 fully saturated rings. The smallest absolute Gasteiger partial charge is 0.00748 e. The zero-order valence-electron chi connectivity index (χ0n) is 10.5. The predicted octanol–water partition coefficient (Wildman–Crippen LogP) is 3.49. The SMILES string of the molecule is CSc1cc(C)c(C)c(C2CCNCC2)c1. The van der Waals surface area contributed by atoms with Gasteiger partial charge in [0.15, 0.2) is 0 Å². The molecule has 1 heterocycles. The van der Waals surface area contributed by atoms with Gasteiger partial charge in [0.1, 0.15) is 0 Å². The third-order valence-electron chi connectivity index (χ3n) is 3.70. The molecule has 0 atom stereocenters. The highest BCUT2D eigenvalue weighted by atomic mass is 32.2. The van der Waals surface area contributed by atoms with Crippen molar-refractivity contribution in [3.8, 4) is 0 Å². The van der Waals surface area contributed by atoms with Crippen molar-refractivity contribution in [3.63, 3.8) is 0 Å². The van der Waals surface area contributed by atoms with Gasteiger partial charge in [0, 0.05) is 4.90 Å². The maximum atomic E-state index is 3.44. The van der Waals surface area contributed by atoms with Gasteiger partial charge in [-0.25, -0.2) is 0 Å². The molecule has 88 valence electrons. The monoisotopic (exact) mass is 235 g/mol. The minimum Gasteiger partial charge on any atom is -0.317 e. The van der Waals surface area contributed by atoms with E-state index in [1.165, 1.54) is 42.0 Å². The summed E-state index contributed by atoms with van der Waals surface area (Å²) in [5.41, 5.74) is 4.54. The second-order valence-electron chi connectivity index (χ2n) is 4.68. The van der Waals surface area contributed by atoms with Crippen molar-refractivity contribution in [2.45, 2.75) is 37.5 Å². The van der Waals surface area contributed by atoms with E-state index in [1.54, 1.807) is 5.56 Å². The molecule has 0 spiro atoms. The summed E-state index contributed by atoms with van der Waals surface area (Å²) in [6.45, 7) is 6.86. The van der Waals surface area contributed by atoms with Crippen LogP contribution < -0.4 is 5.32 Å². The van der Waals surface area contributed by atoms with Crippen molar-refractivity contribution < 1.29 is 0 Å². The van der Waals surface area contributed by atoms with Gasteiger partial charge in [-0.2, -0.15) is 0 Å². The van der Waals surface area contributed by atoms with Crippen LogP contribution in [0.3, 0.4) is 0 Å². The fourth-order valence-electron chi connectivity index (χ4n) is 2.53. The van der Waals surface area contributed by atoms with E-state index in [-0.39, 0.29) is 0 Å². The molecule has 1 aromatic carbocycles. The quantitative estimate of drug-likeness (QED) is 0.788. The second-order valence-corrected chi connectivity index (χ2v) is 5.56. The molecule has 2 rings (SSSR count). The van der Waals surface area contributed by atoms with E-state index in [0.717, 1.165) is 5.92 Å². The summed E-state index contributed by atoms with van der Waals surface area (Å²) in [7, 11) is 0. The first-order valence-corrected chi connectivity index (χ1v) is 7.30. The molecule has 0 amide bonds. The Morgan fingerprint density at radius 3 is 2.50 bits per heavy atom. The lowest BCUT2D eigenvalue weighted by Crippen LogP contribution is -2.27. The summed E-state index contributed by atoms with van der Waals surface area (Å²) in [5.74, 6) is 0.770. The lowest BCUT2D eigenvalue weighted by molar-refractivity contribution is 0.458. The third kappa shape index (κ3) is 2.44. The van der Waals surface area contributed by atoms with Crippen LogP contribution in [0.2, 0.25) is 0 Å². The molecule has 0 saturated carbocycles. The topological polar surface area (TPSA) is 12.0 Å². The number of hydrogen-bond acceptors (Lipinski definition) is 2. The van der Waals surface area contributed by atoms with Gasteiger partial charge in [0.05, 0.1) is 0 Å². The Bertz CT molecular complexity index is 367. The molecule has 0 bridgehead atoms. The Morgan fingerprint density at radius 2 is 1.88 bits per heavy atom. The number of rotatable bonds is 2. The molecule has 16 heavy (non-hydrogen) atoms. The van der Waals surface area contributed by atoms with Gasteiger partial charge in [-0.1, -0.05) is 0 Å². The second kappa shape index (κ2) is 5.24. The third-order valence-corrected chi connectivity index (χ3v) is 4.40. The summed E-state index contributed by atoms with van der Waals surface area (Å²) in [6, 6.07) is 4.72. The zero-order valence-corrected chi connectivity index (χ0v) is 11.3. The summed E-state index contributed by atoms with van der Waals surface area (Å²) in [4.78, 5) is 1.41.